The second-order valence-electron chi connectivity index (χ2n) is 5.19. The van der Waals surface area contributed by atoms with Gasteiger partial charge in [-0.2, -0.15) is 8.78 Å². The molecule has 1 saturated heterocycles. The largest absolute Gasteiger partial charge is 0.417 e. The molecule has 1 amide bonds. The minimum Gasteiger partial charge on any atom is -0.417 e. The summed E-state index contributed by atoms with van der Waals surface area (Å²) in [6.07, 6.45) is 6.41. The number of nitrogens with zero attached hydrogens (tertiary/aromatic N) is 5. The van der Waals surface area contributed by atoms with Crippen molar-refractivity contribution in [3.05, 3.63) is 36.3 Å². The Bertz CT molecular complexity index is 648. The normalized spacial score (nSPS) is 18.2. The number of rotatable bonds is 4. The highest BCUT2D eigenvalue weighted by Gasteiger charge is 2.26. The van der Waals surface area contributed by atoms with E-state index >= 15 is 0 Å². The van der Waals surface area contributed by atoms with Crippen molar-refractivity contribution in [1.29, 1.82) is 0 Å². The van der Waals surface area contributed by atoms with E-state index in [4.69, 9.17) is 0 Å². The van der Waals surface area contributed by atoms with E-state index in [0.29, 0.717) is 18.7 Å². The molecule has 0 N–H and O–H groups in total. The lowest BCUT2D eigenvalue weighted by atomic mass is 10.0. The maximum atomic E-state index is 12.5. The number of hydrogen-bond acceptors (Lipinski definition) is 5. The van der Waals surface area contributed by atoms with E-state index in [1.54, 1.807) is 22.0 Å². The van der Waals surface area contributed by atoms with Crippen molar-refractivity contribution in [3.63, 3.8) is 0 Å². The Balaban J connectivity index is 1.67. The highest BCUT2D eigenvalue weighted by atomic mass is 19.3. The Kier molecular flexibility index (Phi) is 4.45. The van der Waals surface area contributed by atoms with E-state index in [9.17, 15) is 13.6 Å². The zero-order valence-electron chi connectivity index (χ0n) is 12.2. The maximum Gasteiger partial charge on any atom is 0.388 e. The van der Waals surface area contributed by atoms with E-state index < -0.39 is 6.61 Å². The van der Waals surface area contributed by atoms with Crippen molar-refractivity contribution in [1.82, 2.24) is 24.9 Å². The Morgan fingerprint density at radius 1 is 1.39 bits per heavy atom. The van der Waals surface area contributed by atoms with E-state index in [2.05, 4.69) is 20.0 Å². The molecule has 23 heavy (non-hydrogen) atoms. The van der Waals surface area contributed by atoms with Crippen molar-refractivity contribution in [2.24, 2.45) is 0 Å². The molecule has 1 unspecified atom stereocenters. The first-order chi connectivity index (χ1) is 11.1. The summed E-state index contributed by atoms with van der Waals surface area (Å²) in [5.74, 6) is -0.401. The molecule has 1 aliphatic rings. The number of carbonyl (C=O) groups excluding carboxylic acids is 1. The zero-order valence-corrected chi connectivity index (χ0v) is 12.2. The molecule has 1 aliphatic heterocycles. The zero-order chi connectivity index (χ0) is 16.2. The Morgan fingerprint density at radius 3 is 2.91 bits per heavy atom. The smallest absolute Gasteiger partial charge is 0.388 e. The number of piperidine rings is 1. The molecule has 9 heteroatoms. The fraction of sp³-hybridized carbons (Fsp3) is 0.429. The Labute approximate surface area is 130 Å². The summed E-state index contributed by atoms with van der Waals surface area (Å²) in [5, 5.41) is 7.76. The number of carbonyl (C=O) groups is 1. The summed E-state index contributed by atoms with van der Waals surface area (Å²) in [5.41, 5.74) is 0.339. The van der Waals surface area contributed by atoms with Crippen molar-refractivity contribution in [3.8, 4) is 5.88 Å². The summed E-state index contributed by atoms with van der Waals surface area (Å²) >= 11 is 0. The SMILES string of the molecule is O=C(c1ccc(OC(F)F)nc1)N1CCCC(n2ccnn2)C1. The van der Waals surface area contributed by atoms with E-state index in [1.807, 2.05) is 0 Å². The third kappa shape index (κ3) is 3.61. The highest BCUT2D eigenvalue weighted by molar-refractivity contribution is 5.94. The molecule has 1 fully saturated rings. The van der Waals surface area contributed by atoms with Gasteiger partial charge in [0.15, 0.2) is 0 Å². The highest BCUT2D eigenvalue weighted by Crippen LogP contribution is 2.22. The number of alkyl halides is 2. The van der Waals surface area contributed by atoms with Crippen LogP contribution < -0.4 is 4.74 Å². The lowest BCUT2D eigenvalue weighted by Gasteiger charge is -2.32. The summed E-state index contributed by atoms with van der Waals surface area (Å²) in [6.45, 7) is -1.77. The molecule has 3 heterocycles. The molecule has 0 radical (unpaired) electrons. The van der Waals surface area contributed by atoms with E-state index in [0.717, 1.165) is 12.8 Å². The van der Waals surface area contributed by atoms with Crippen LogP contribution >= 0.6 is 0 Å². The molecule has 0 spiro atoms. The van der Waals surface area contributed by atoms with Crippen molar-refractivity contribution < 1.29 is 18.3 Å². The van der Waals surface area contributed by atoms with Crippen LogP contribution in [0, 0.1) is 0 Å². The average Bonchev–Trinajstić information content (AvgIpc) is 3.09. The van der Waals surface area contributed by atoms with Crippen molar-refractivity contribution in [2.45, 2.75) is 25.5 Å². The number of halogens is 2. The number of pyridine rings is 1. The summed E-state index contributed by atoms with van der Waals surface area (Å²) in [6, 6.07) is 2.79. The second-order valence-corrected chi connectivity index (χ2v) is 5.19. The van der Waals surface area contributed by atoms with Crippen molar-refractivity contribution >= 4 is 5.91 Å². The summed E-state index contributed by atoms with van der Waals surface area (Å²) in [4.78, 5) is 17.9. The minimum atomic E-state index is -2.94. The number of amides is 1. The van der Waals surface area contributed by atoms with Gasteiger partial charge < -0.3 is 9.64 Å². The van der Waals surface area contributed by atoms with Gasteiger partial charge in [0.1, 0.15) is 0 Å². The molecular weight excluding hydrogens is 308 g/mol. The van der Waals surface area contributed by atoms with Gasteiger partial charge >= 0.3 is 6.61 Å². The molecule has 7 nitrogen and oxygen atoms in total. The van der Waals surface area contributed by atoms with Gasteiger partial charge in [0, 0.05) is 31.5 Å². The average molecular weight is 323 g/mol. The molecule has 0 saturated carbocycles. The van der Waals surface area contributed by atoms with Gasteiger partial charge in [0.2, 0.25) is 5.88 Å². The fourth-order valence-electron chi connectivity index (χ4n) is 2.62. The summed E-state index contributed by atoms with van der Waals surface area (Å²) < 4.78 is 30.1. The van der Waals surface area contributed by atoms with Crippen LogP contribution in [0.4, 0.5) is 8.78 Å². The Hall–Kier alpha value is -2.58. The standard InChI is InChI=1S/C14H15F2N5O2/c15-14(16)23-12-4-3-10(8-17-12)13(22)20-6-1-2-11(9-20)21-7-5-18-19-21/h3-5,7-8,11,14H,1-2,6,9H2. The van der Waals surface area contributed by atoms with Gasteiger partial charge in [-0.15, -0.1) is 5.10 Å². The molecule has 1 atom stereocenters. The monoisotopic (exact) mass is 323 g/mol. The van der Waals surface area contributed by atoms with Crippen LogP contribution in [-0.4, -0.2) is 50.5 Å². The summed E-state index contributed by atoms with van der Waals surface area (Å²) in [7, 11) is 0. The first kappa shape index (κ1) is 15.3. The molecular formula is C14H15F2N5O2. The van der Waals surface area contributed by atoms with Gasteiger partial charge in [0.25, 0.3) is 5.91 Å². The first-order valence-corrected chi connectivity index (χ1v) is 7.19. The fourth-order valence-corrected chi connectivity index (χ4v) is 2.62. The predicted molar refractivity (Wildman–Crippen MR) is 75.1 cm³/mol. The molecule has 2 aromatic heterocycles. The van der Waals surface area contributed by atoms with Gasteiger partial charge in [-0.25, -0.2) is 9.67 Å². The lowest BCUT2D eigenvalue weighted by Crippen LogP contribution is -2.40. The third-order valence-electron chi connectivity index (χ3n) is 3.69. The molecule has 3 rings (SSSR count). The predicted octanol–water partition coefficient (Wildman–Crippen LogP) is 1.75. The van der Waals surface area contributed by atoms with E-state index in [-0.39, 0.29) is 17.8 Å². The number of ether oxygens (including phenoxy) is 1. The Morgan fingerprint density at radius 2 is 2.26 bits per heavy atom. The van der Waals surface area contributed by atoms with E-state index in [1.165, 1.54) is 18.3 Å². The molecule has 2 aromatic rings. The van der Waals surface area contributed by atoms with Gasteiger partial charge in [-0.1, -0.05) is 5.21 Å². The third-order valence-corrected chi connectivity index (χ3v) is 3.69. The van der Waals surface area contributed by atoms with Gasteiger partial charge in [-0.3, -0.25) is 4.79 Å². The topological polar surface area (TPSA) is 73.1 Å². The molecule has 0 aliphatic carbocycles. The van der Waals surface area contributed by atoms with Crippen LogP contribution in [0.5, 0.6) is 5.88 Å². The van der Waals surface area contributed by atoms with Crippen LogP contribution in [0.25, 0.3) is 0 Å². The quantitative estimate of drug-likeness (QED) is 0.857. The lowest BCUT2D eigenvalue weighted by molar-refractivity contribution is -0.0528. The van der Waals surface area contributed by atoms with Crippen LogP contribution in [0.1, 0.15) is 29.2 Å². The number of likely N-dealkylation sites (tertiary alicyclic amines) is 1. The second kappa shape index (κ2) is 6.67. The van der Waals surface area contributed by atoms with Gasteiger partial charge in [0.05, 0.1) is 17.8 Å². The van der Waals surface area contributed by atoms with Crippen LogP contribution in [0.3, 0.4) is 0 Å². The number of aromatic nitrogens is 4. The minimum absolute atomic E-state index is 0.0876. The first-order valence-electron chi connectivity index (χ1n) is 7.19. The number of hydrogen-bond donors (Lipinski definition) is 0. The van der Waals surface area contributed by atoms with Crippen LogP contribution in [0.2, 0.25) is 0 Å². The maximum absolute atomic E-state index is 12.5. The van der Waals surface area contributed by atoms with Crippen LogP contribution in [-0.2, 0) is 0 Å². The molecule has 0 bridgehead atoms. The van der Waals surface area contributed by atoms with Crippen LogP contribution in [0.15, 0.2) is 30.7 Å². The molecule has 122 valence electrons. The van der Waals surface area contributed by atoms with Crippen molar-refractivity contribution in [2.75, 3.05) is 13.1 Å². The van der Waals surface area contributed by atoms with Gasteiger partial charge in [-0.05, 0) is 18.9 Å². The molecule has 0 aromatic carbocycles.